The molecule has 0 unspecified atom stereocenters. The maximum absolute atomic E-state index is 12.2. The lowest BCUT2D eigenvalue weighted by Crippen LogP contribution is -2.48. The Labute approximate surface area is 126 Å². The summed E-state index contributed by atoms with van der Waals surface area (Å²) in [7, 11) is -3.09. The number of hydrogen-bond acceptors (Lipinski definition) is 4. The number of hydrogen-bond donors (Lipinski definition) is 0. The highest BCUT2D eigenvalue weighted by Gasteiger charge is 2.23. The number of sulfonamides is 1. The smallest absolute Gasteiger partial charge is 0.211 e. The van der Waals surface area contributed by atoms with Gasteiger partial charge in [0.1, 0.15) is 0 Å². The minimum atomic E-state index is -3.09. The monoisotopic (exact) mass is 310 g/mol. The minimum Gasteiger partial charge on any atom is -0.300 e. The summed E-state index contributed by atoms with van der Waals surface area (Å²) in [5.74, 6) is 0.152. The van der Waals surface area contributed by atoms with Crippen LogP contribution in [0.5, 0.6) is 0 Å². The first-order chi connectivity index (χ1) is 9.88. The molecule has 1 aliphatic heterocycles. The Morgan fingerprint density at radius 3 is 2.33 bits per heavy atom. The minimum absolute atomic E-state index is 0.152. The van der Waals surface area contributed by atoms with Crippen LogP contribution in [0.3, 0.4) is 0 Å². The summed E-state index contributed by atoms with van der Waals surface area (Å²) < 4.78 is 24.4. The van der Waals surface area contributed by atoms with Crippen molar-refractivity contribution >= 4 is 15.8 Å². The van der Waals surface area contributed by atoms with Gasteiger partial charge in [-0.2, -0.15) is 4.31 Å². The first-order valence-electron chi connectivity index (χ1n) is 7.14. The van der Waals surface area contributed by atoms with Crippen LogP contribution in [0.2, 0.25) is 0 Å². The lowest BCUT2D eigenvalue weighted by Gasteiger charge is -2.33. The molecule has 1 aliphatic rings. The number of nitrogens with zero attached hydrogens (tertiary/aromatic N) is 2. The standard InChI is InChI=1S/C15H22N2O3S/c1-13-5-3-4-6-14(13)15(18)7-8-16-9-11-17(12-10-16)21(2,19)20/h3-6H,7-12H2,1-2H3. The molecule has 1 saturated heterocycles. The molecule has 116 valence electrons. The summed E-state index contributed by atoms with van der Waals surface area (Å²) >= 11 is 0. The summed E-state index contributed by atoms with van der Waals surface area (Å²) in [6.07, 6.45) is 1.72. The number of Topliss-reactive ketones (excluding diaryl/α,β-unsaturated/α-hetero) is 1. The fourth-order valence-corrected chi connectivity index (χ4v) is 3.39. The van der Waals surface area contributed by atoms with Gasteiger partial charge in [-0.15, -0.1) is 0 Å². The number of carbonyl (C=O) groups is 1. The fourth-order valence-electron chi connectivity index (χ4n) is 2.56. The van der Waals surface area contributed by atoms with Gasteiger partial charge in [-0.1, -0.05) is 24.3 Å². The van der Waals surface area contributed by atoms with Gasteiger partial charge in [0.25, 0.3) is 0 Å². The molecule has 21 heavy (non-hydrogen) atoms. The maximum atomic E-state index is 12.2. The van der Waals surface area contributed by atoms with Crippen molar-refractivity contribution in [2.24, 2.45) is 0 Å². The van der Waals surface area contributed by atoms with E-state index in [0.717, 1.165) is 11.1 Å². The van der Waals surface area contributed by atoms with E-state index in [1.807, 2.05) is 31.2 Å². The van der Waals surface area contributed by atoms with Crippen LogP contribution in [0.15, 0.2) is 24.3 Å². The van der Waals surface area contributed by atoms with Gasteiger partial charge in [0.2, 0.25) is 10.0 Å². The Morgan fingerprint density at radius 1 is 1.14 bits per heavy atom. The molecule has 0 N–H and O–H groups in total. The fraction of sp³-hybridized carbons (Fsp3) is 0.533. The molecule has 1 aromatic carbocycles. The third-order valence-corrected chi connectivity index (χ3v) is 5.20. The summed E-state index contributed by atoms with van der Waals surface area (Å²) in [5.41, 5.74) is 1.79. The molecular weight excluding hydrogens is 288 g/mol. The lowest BCUT2D eigenvalue weighted by atomic mass is 10.0. The van der Waals surface area contributed by atoms with Crippen molar-refractivity contribution in [3.63, 3.8) is 0 Å². The van der Waals surface area contributed by atoms with E-state index in [0.29, 0.717) is 39.1 Å². The van der Waals surface area contributed by atoms with Gasteiger partial charge in [-0.05, 0) is 12.5 Å². The molecule has 1 heterocycles. The topological polar surface area (TPSA) is 57.7 Å². The van der Waals surface area contributed by atoms with Crippen molar-refractivity contribution in [3.05, 3.63) is 35.4 Å². The molecule has 1 fully saturated rings. The van der Waals surface area contributed by atoms with Crippen LogP contribution in [0.4, 0.5) is 0 Å². The van der Waals surface area contributed by atoms with E-state index >= 15 is 0 Å². The highest BCUT2D eigenvalue weighted by molar-refractivity contribution is 7.88. The quantitative estimate of drug-likeness (QED) is 0.766. The van der Waals surface area contributed by atoms with Crippen LogP contribution >= 0.6 is 0 Å². The van der Waals surface area contributed by atoms with E-state index < -0.39 is 10.0 Å². The molecular formula is C15H22N2O3S. The molecule has 5 nitrogen and oxygen atoms in total. The zero-order chi connectivity index (χ0) is 15.5. The summed E-state index contributed by atoms with van der Waals surface area (Å²) in [6, 6.07) is 7.61. The average Bonchev–Trinajstić information content (AvgIpc) is 2.45. The number of benzene rings is 1. The number of rotatable bonds is 5. The van der Waals surface area contributed by atoms with Gasteiger partial charge in [-0.3, -0.25) is 4.79 Å². The summed E-state index contributed by atoms with van der Waals surface area (Å²) in [4.78, 5) is 14.3. The summed E-state index contributed by atoms with van der Waals surface area (Å²) in [5, 5.41) is 0. The van der Waals surface area contributed by atoms with Gasteiger partial charge >= 0.3 is 0 Å². The molecule has 0 spiro atoms. The van der Waals surface area contributed by atoms with Gasteiger partial charge in [-0.25, -0.2) is 8.42 Å². The van der Waals surface area contributed by atoms with Crippen molar-refractivity contribution in [3.8, 4) is 0 Å². The second-order valence-electron chi connectivity index (χ2n) is 5.49. The van der Waals surface area contributed by atoms with Crippen LogP contribution in [-0.2, 0) is 10.0 Å². The molecule has 0 amide bonds. The Kier molecular flexibility index (Phi) is 5.13. The van der Waals surface area contributed by atoms with Crippen LogP contribution in [0.25, 0.3) is 0 Å². The van der Waals surface area contributed by atoms with E-state index in [9.17, 15) is 13.2 Å². The highest BCUT2D eigenvalue weighted by Crippen LogP contribution is 2.11. The lowest BCUT2D eigenvalue weighted by molar-refractivity contribution is 0.0952. The van der Waals surface area contributed by atoms with Gasteiger partial charge in [0.05, 0.1) is 6.26 Å². The Balaban J connectivity index is 1.83. The molecule has 0 aromatic heterocycles. The number of ketones is 1. The molecule has 0 bridgehead atoms. The van der Waals surface area contributed by atoms with Gasteiger partial charge < -0.3 is 4.90 Å². The predicted octanol–water partition coefficient (Wildman–Crippen LogP) is 1.15. The van der Waals surface area contributed by atoms with Crippen LogP contribution in [0.1, 0.15) is 22.3 Å². The Bertz CT molecular complexity index is 605. The van der Waals surface area contributed by atoms with Crippen molar-refractivity contribution < 1.29 is 13.2 Å². The molecule has 0 aliphatic carbocycles. The molecule has 0 atom stereocenters. The highest BCUT2D eigenvalue weighted by atomic mass is 32.2. The molecule has 1 aromatic rings. The molecule has 6 heteroatoms. The van der Waals surface area contributed by atoms with E-state index in [4.69, 9.17) is 0 Å². The zero-order valence-corrected chi connectivity index (χ0v) is 13.4. The van der Waals surface area contributed by atoms with Crippen molar-refractivity contribution in [1.29, 1.82) is 0 Å². The van der Waals surface area contributed by atoms with Crippen LogP contribution in [-0.4, -0.2) is 62.4 Å². The van der Waals surface area contributed by atoms with Crippen LogP contribution in [0, 0.1) is 6.92 Å². The third-order valence-electron chi connectivity index (χ3n) is 3.90. The third kappa shape index (κ3) is 4.36. The zero-order valence-electron chi connectivity index (χ0n) is 12.6. The van der Waals surface area contributed by atoms with E-state index in [-0.39, 0.29) is 5.78 Å². The van der Waals surface area contributed by atoms with E-state index in [1.165, 1.54) is 10.6 Å². The predicted molar refractivity (Wildman–Crippen MR) is 83.0 cm³/mol. The van der Waals surface area contributed by atoms with Gasteiger partial charge in [0.15, 0.2) is 5.78 Å². The normalized spacial score (nSPS) is 17.8. The van der Waals surface area contributed by atoms with Crippen molar-refractivity contribution in [2.75, 3.05) is 39.0 Å². The van der Waals surface area contributed by atoms with Crippen molar-refractivity contribution in [2.45, 2.75) is 13.3 Å². The molecule has 0 saturated carbocycles. The first-order valence-corrected chi connectivity index (χ1v) is 8.99. The van der Waals surface area contributed by atoms with E-state index in [1.54, 1.807) is 0 Å². The first kappa shape index (κ1) is 16.1. The largest absolute Gasteiger partial charge is 0.300 e. The number of carbonyl (C=O) groups excluding carboxylic acids is 1. The summed E-state index contributed by atoms with van der Waals surface area (Å²) in [6.45, 7) is 5.03. The van der Waals surface area contributed by atoms with E-state index in [2.05, 4.69) is 4.90 Å². The average molecular weight is 310 g/mol. The second kappa shape index (κ2) is 6.68. The second-order valence-corrected chi connectivity index (χ2v) is 7.47. The Hall–Kier alpha value is -1.24. The van der Waals surface area contributed by atoms with Crippen LogP contribution < -0.4 is 0 Å². The SMILES string of the molecule is Cc1ccccc1C(=O)CCN1CCN(S(C)(=O)=O)CC1. The number of piperazine rings is 1. The number of aryl methyl sites for hydroxylation is 1. The molecule has 2 rings (SSSR count). The van der Waals surface area contributed by atoms with Crippen molar-refractivity contribution in [1.82, 2.24) is 9.21 Å². The Morgan fingerprint density at radius 2 is 1.76 bits per heavy atom. The van der Waals surface area contributed by atoms with Gasteiger partial charge in [0, 0.05) is 44.7 Å². The molecule has 0 radical (unpaired) electrons. The maximum Gasteiger partial charge on any atom is 0.211 e.